The van der Waals surface area contributed by atoms with Crippen molar-refractivity contribution in [3.63, 3.8) is 0 Å². The van der Waals surface area contributed by atoms with E-state index in [1.54, 1.807) is 36.1 Å². The minimum absolute atomic E-state index is 0.154. The molecule has 2 aromatic rings. The van der Waals surface area contributed by atoms with Gasteiger partial charge in [-0.15, -0.1) is 0 Å². The second-order valence-corrected chi connectivity index (χ2v) is 9.48. The first-order valence-electron chi connectivity index (χ1n) is 9.56. The van der Waals surface area contributed by atoms with Crippen molar-refractivity contribution < 1.29 is 22.4 Å². The van der Waals surface area contributed by atoms with E-state index >= 15 is 0 Å². The van der Waals surface area contributed by atoms with Gasteiger partial charge in [-0.1, -0.05) is 6.07 Å². The Balaban J connectivity index is 1.56. The Morgan fingerprint density at radius 2 is 1.83 bits per heavy atom. The molecule has 3 rings (SSSR count). The number of piperazine rings is 1. The van der Waals surface area contributed by atoms with E-state index in [1.807, 2.05) is 4.90 Å². The third-order valence-corrected chi connectivity index (χ3v) is 6.95. The van der Waals surface area contributed by atoms with E-state index in [0.717, 1.165) is 4.31 Å². The molecule has 1 N–H and O–H groups in total. The van der Waals surface area contributed by atoms with Gasteiger partial charge in [-0.25, -0.2) is 12.7 Å². The largest absolute Gasteiger partial charge is 0.459 e. The van der Waals surface area contributed by atoms with Crippen LogP contribution in [0.1, 0.15) is 16.1 Å². The van der Waals surface area contributed by atoms with Crippen molar-refractivity contribution in [3.8, 4) is 0 Å². The number of carbonyl (C=O) groups is 2. The van der Waals surface area contributed by atoms with Crippen molar-refractivity contribution in [1.82, 2.24) is 14.1 Å². The minimum atomic E-state index is -3.60. The number of nitrogens with one attached hydrogen (secondary N) is 1. The number of furan rings is 1. The van der Waals surface area contributed by atoms with Crippen molar-refractivity contribution in [2.75, 3.05) is 52.1 Å². The Bertz CT molecular complexity index is 1010. The highest BCUT2D eigenvalue weighted by Crippen LogP contribution is 2.22. The van der Waals surface area contributed by atoms with E-state index in [9.17, 15) is 18.0 Å². The Morgan fingerprint density at radius 1 is 1.13 bits per heavy atom. The number of sulfonamides is 1. The molecule has 162 valence electrons. The first-order valence-corrected chi connectivity index (χ1v) is 11.0. The summed E-state index contributed by atoms with van der Waals surface area (Å²) < 4.78 is 31.2. The number of anilines is 1. The van der Waals surface area contributed by atoms with Gasteiger partial charge in [0.2, 0.25) is 15.9 Å². The fourth-order valence-electron chi connectivity index (χ4n) is 3.22. The van der Waals surface area contributed by atoms with Crippen LogP contribution in [0.2, 0.25) is 0 Å². The first-order chi connectivity index (χ1) is 14.2. The van der Waals surface area contributed by atoms with Gasteiger partial charge in [0, 0.05) is 46.0 Å². The van der Waals surface area contributed by atoms with Gasteiger partial charge in [0.25, 0.3) is 5.91 Å². The average Bonchev–Trinajstić information content (AvgIpc) is 3.24. The zero-order chi connectivity index (χ0) is 21.9. The molecule has 2 amide bonds. The zero-order valence-electron chi connectivity index (χ0n) is 17.3. The Kier molecular flexibility index (Phi) is 6.59. The van der Waals surface area contributed by atoms with Crippen LogP contribution in [0.25, 0.3) is 0 Å². The summed E-state index contributed by atoms with van der Waals surface area (Å²) in [4.78, 5) is 28.6. The molecule has 0 aliphatic carbocycles. The highest BCUT2D eigenvalue weighted by Gasteiger charge is 2.25. The zero-order valence-corrected chi connectivity index (χ0v) is 18.1. The molecule has 1 aromatic carbocycles. The van der Waals surface area contributed by atoms with Crippen molar-refractivity contribution in [2.45, 2.75) is 11.8 Å². The SMILES string of the molecule is Cc1ccc(NC(=O)CN2CCN(C(=O)c3ccco3)CC2)cc1S(=O)(=O)N(C)C. The predicted molar refractivity (Wildman–Crippen MR) is 112 cm³/mol. The molecule has 0 saturated carbocycles. The third-order valence-electron chi connectivity index (χ3n) is 4.99. The number of nitrogens with zero attached hydrogens (tertiary/aromatic N) is 3. The van der Waals surface area contributed by atoms with E-state index in [-0.39, 0.29) is 23.3 Å². The monoisotopic (exact) mass is 434 g/mol. The van der Waals surface area contributed by atoms with Crippen LogP contribution in [0.3, 0.4) is 0 Å². The van der Waals surface area contributed by atoms with Crippen LogP contribution in [0.5, 0.6) is 0 Å². The summed E-state index contributed by atoms with van der Waals surface area (Å²) in [5.74, 6) is -0.0831. The molecule has 2 heterocycles. The van der Waals surface area contributed by atoms with E-state index in [2.05, 4.69) is 5.32 Å². The second kappa shape index (κ2) is 8.99. The van der Waals surface area contributed by atoms with Gasteiger partial charge in [0.05, 0.1) is 17.7 Å². The molecule has 30 heavy (non-hydrogen) atoms. The third kappa shape index (κ3) is 4.89. The summed E-state index contributed by atoms with van der Waals surface area (Å²) >= 11 is 0. The average molecular weight is 435 g/mol. The molecular formula is C20H26N4O5S. The molecular weight excluding hydrogens is 408 g/mol. The number of hydrogen-bond acceptors (Lipinski definition) is 6. The van der Waals surface area contributed by atoms with Gasteiger partial charge in [0.1, 0.15) is 0 Å². The standard InChI is InChI=1S/C20H26N4O5S/c1-15-6-7-16(13-18(15)30(27,28)22(2)3)21-19(25)14-23-8-10-24(11-9-23)20(26)17-5-4-12-29-17/h4-7,12-13H,8-11,14H2,1-3H3,(H,21,25). The summed E-state index contributed by atoms with van der Waals surface area (Å²) in [6.45, 7) is 4.01. The van der Waals surface area contributed by atoms with Crippen LogP contribution >= 0.6 is 0 Å². The maximum atomic E-state index is 12.5. The van der Waals surface area contributed by atoms with Crippen LogP contribution in [0.15, 0.2) is 45.9 Å². The maximum Gasteiger partial charge on any atom is 0.289 e. The number of hydrogen-bond donors (Lipinski definition) is 1. The fraction of sp³-hybridized carbons (Fsp3) is 0.400. The molecule has 1 aliphatic rings. The van der Waals surface area contributed by atoms with Crippen molar-refractivity contribution in [2.24, 2.45) is 0 Å². The Labute approximate surface area is 176 Å². The molecule has 0 atom stereocenters. The summed E-state index contributed by atoms with van der Waals surface area (Å²) in [5.41, 5.74) is 1.04. The van der Waals surface area contributed by atoms with E-state index in [0.29, 0.717) is 43.2 Å². The van der Waals surface area contributed by atoms with Crippen molar-refractivity contribution in [1.29, 1.82) is 0 Å². The number of amides is 2. The van der Waals surface area contributed by atoms with Crippen LogP contribution in [-0.2, 0) is 14.8 Å². The fourth-order valence-corrected chi connectivity index (χ4v) is 4.37. The summed E-state index contributed by atoms with van der Waals surface area (Å²) in [6.07, 6.45) is 1.47. The van der Waals surface area contributed by atoms with Gasteiger partial charge in [-0.3, -0.25) is 14.5 Å². The van der Waals surface area contributed by atoms with Crippen LogP contribution in [0, 0.1) is 6.92 Å². The lowest BCUT2D eigenvalue weighted by atomic mass is 10.2. The second-order valence-electron chi connectivity index (χ2n) is 7.36. The smallest absolute Gasteiger partial charge is 0.289 e. The molecule has 1 aliphatic heterocycles. The Hall–Kier alpha value is -2.69. The lowest BCUT2D eigenvalue weighted by Crippen LogP contribution is -2.50. The quantitative estimate of drug-likeness (QED) is 0.734. The first kappa shape index (κ1) is 22.0. The van der Waals surface area contributed by atoms with Crippen molar-refractivity contribution in [3.05, 3.63) is 47.9 Å². The van der Waals surface area contributed by atoms with Crippen LogP contribution in [0.4, 0.5) is 5.69 Å². The minimum Gasteiger partial charge on any atom is -0.459 e. The van der Waals surface area contributed by atoms with Gasteiger partial charge in [-0.05, 0) is 36.8 Å². The molecule has 1 aromatic heterocycles. The normalized spacial score (nSPS) is 15.4. The number of aryl methyl sites for hydroxylation is 1. The van der Waals surface area contributed by atoms with E-state index in [4.69, 9.17) is 4.42 Å². The molecule has 0 radical (unpaired) electrons. The van der Waals surface area contributed by atoms with Gasteiger partial charge < -0.3 is 14.6 Å². The molecule has 9 nitrogen and oxygen atoms in total. The predicted octanol–water partition coefficient (Wildman–Crippen LogP) is 1.23. The molecule has 0 bridgehead atoms. The van der Waals surface area contributed by atoms with Crippen molar-refractivity contribution >= 4 is 27.5 Å². The lowest BCUT2D eigenvalue weighted by molar-refractivity contribution is -0.117. The van der Waals surface area contributed by atoms with Gasteiger partial charge in [-0.2, -0.15) is 0 Å². The lowest BCUT2D eigenvalue weighted by Gasteiger charge is -2.33. The molecule has 10 heteroatoms. The van der Waals surface area contributed by atoms with Gasteiger partial charge in [0.15, 0.2) is 5.76 Å². The number of rotatable bonds is 6. The number of carbonyl (C=O) groups excluding carboxylic acids is 2. The highest BCUT2D eigenvalue weighted by molar-refractivity contribution is 7.89. The Morgan fingerprint density at radius 3 is 2.43 bits per heavy atom. The summed E-state index contributed by atoms with van der Waals surface area (Å²) in [5, 5.41) is 2.77. The topological polar surface area (TPSA) is 103 Å². The number of benzene rings is 1. The van der Waals surface area contributed by atoms with E-state index in [1.165, 1.54) is 26.4 Å². The molecule has 0 unspecified atom stereocenters. The molecule has 0 spiro atoms. The maximum absolute atomic E-state index is 12.5. The van der Waals surface area contributed by atoms with Gasteiger partial charge >= 0.3 is 0 Å². The highest BCUT2D eigenvalue weighted by atomic mass is 32.2. The van der Waals surface area contributed by atoms with Crippen LogP contribution < -0.4 is 5.32 Å². The van der Waals surface area contributed by atoms with E-state index < -0.39 is 10.0 Å². The summed E-state index contributed by atoms with van der Waals surface area (Å²) in [6, 6.07) is 8.14. The van der Waals surface area contributed by atoms with Crippen LogP contribution in [-0.4, -0.2) is 81.2 Å². The molecule has 1 fully saturated rings. The molecule has 1 saturated heterocycles. The summed E-state index contributed by atoms with van der Waals surface area (Å²) in [7, 11) is -0.662.